The Morgan fingerprint density at radius 3 is 2.30 bits per heavy atom. The fourth-order valence-electron chi connectivity index (χ4n) is 2.56. The molecule has 1 heterocycles. The lowest BCUT2D eigenvalue weighted by Crippen LogP contribution is -2.04. The zero-order valence-corrected chi connectivity index (χ0v) is 17.6. The third-order valence-corrected chi connectivity index (χ3v) is 5.12. The summed E-state index contributed by atoms with van der Waals surface area (Å²) >= 11 is 1.34. The maximum Gasteiger partial charge on any atom is 0.416 e. The Kier molecular flexibility index (Phi) is 6.87. The first kappa shape index (κ1) is 22.0. The van der Waals surface area contributed by atoms with Crippen molar-refractivity contribution >= 4 is 11.8 Å². The average molecular weight is 434 g/mol. The Balaban J connectivity index is 1.77. The molecule has 8 heteroatoms. The molecule has 0 atom stereocenters. The molecule has 0 aliphatic rings. The number of nitrogens with zero attached hydrogens (tertiary/aromatic N) is 2. The Morgan fingerprint density at radius 2 is 1.67 bits per heavy atom. The number of rotatable bonds is 7. The van der Waals surface area contributed by atoms with Gasteiger partial charge in [-0.2, -0.15) is 18.2 Å². The van der Waals surface area contributed by atoms with Gasteiger partial charge in [0.25, 0.3) is 0 Å². The molecule has 3 rings (SSSR count). The summed E-state index contributed by atoms with van der Waals surface area (Å²) in [6.45, 7) is 4.03. The Morgan fingerprint density at radius 1 is 0.967 bits per heavy atom. The van der Waals surface area contributed by atoms with E-state index in [0.29, 0.717) is 28.3 Å². The molecule has 0 N–H and O–H groups in total. The van der Waals surface area contributed by atoms with E-state index in [9.17, 15) is 13.2 Å². The highest BCUT2D eigenvalue weighted by Gasteiger charge is 2.29. The van der Waals surface area contributed by atoms with Crippen LogP contribution in [0.4, 0.5) is 13.2 Å². The lowest BCUT2D eigenvalue weighted by Gasteiger charge is -2.12. The molecule has 3 aromatic rings. The Bertz CT molecular complexity index is 992. The van der Waals surface area contributed by atoms with E-state index >= 15 is 0 Å². The number of methoxy groups -OCH3 is 1. The number of halogens is 3. The summed E-state index contributed by atoms with van der Waals surface area (Å²) in [6, 6.07) is 14.1. The topological polar surface area (TPSA) is 44.2 Å². The van der Waals surface area contributed by atoms with Crippen LogP contribution in [0.1, 0.15) is 36.6 Å². The molecule has 30 heavy (non-hydrogen) atoms. The summed E-state index contributed by atoms with van der Waals surface area (Å²) in [5, 5.41) is 0.499. The standard InChI is InChI=1S/C22H21F3N2O2S/c1-14(2)19-12-20(29-18-6-4-5-17(11-18)28-3)27-21(26-19)30-13-15-7-9-16(10-8-15)22(23,24)25/h4-12,14H,13H2,1-3H3. The van der Waals surface area contributed by atoms with E-state index in [1.54, 1.807) is 25.3 Å². The minimum Gasteiger partial charge on any atom is -0.497 e. The molecular formula is C22H21F3N2O2S. The van der Waals surface area contributed by atoms with E-state index in [1.165, 1.54) is 23.9 Å². The van der Waals surface area contributed by atoms with Crippen molar-refractivity contribution in [3.63, 3.8) is 0 Å². The first-order chi connectivity index (χ1) is 14.2. The van der Waals surface area contributed by atoms with Crippen molar-refractivity contribution in [1.82, 2.24) is 9.97 Å². The number of ether oxygens (including phenoxy) is 2. The summed E-state index contributed by atoms with van der Waals surface area (Å²) in [7, 11) is 1.58. The minimum absolute atomic E-state index is 0.158. The van der Waals surface area contributed by atoms with E-state index in [4.69, 9.17) is 9.47 Å². The first-order valence-corrected chi connectivity index (χ1v) is 10.2. The van der Waals surface area contributed by atoms with E-state index in [2.05, 4.69) is 9.97 Å². The summed E-state index contributed by atoms with van der Waals surface area (Å²) in [4.78, 5) is 8.99. The van der Waals surface area contributed by atoms with Crippen molar-refractivity contribution in [3.8, 4) is 17.4 Å². The lowest BCUT2D eigenvalue weighted by atomic mass is 10.1. The zero-order valence-electron chi connectivity index (χ0n) is 16.7. The SMILES string of the molecule is COc1cccc(Oc2cc(C(C)C)nc(SCc3ccc(C(F)(F)F)cc3)n2)c1. The van der Waals surface area contributed by atoms with Gasteiger partial charge in [0.05, 0.1) is 18.4 Å². The maximum atomic E-state index is 12.7. The molecule has 0 fully saturated rings. The predicted octanol–water partition coefficient (Wildman–Crippen LogP) is 6.71. The van der Waals surface area contributed by atoms with Crippen molar-refractivity contribution in [1.29, 1.82) is 0 Å². The largest absolute Gasteiger partial charge is 0.497 e. The Labute approximate surface area is 177 Å². The second-order valence-electron chi connectivity index (χ2n) is 6.83. The van der Waals surface area contributed by atoms with Gasteiger partial charge in [0.1, 0.15) is 11.5 Å². The molecule has 0 amide bonds. The monoisotopic (exact) mass is 434 g/mol. The van der Waals surface area contributed by atoms with Crippen LogP contribution in [0.15, 0.2) is 59.8 Å². The summed E-state index contributed by atoms with van der Waals surface area (Å²) < 4.78 is 49.2. The minimum atomic E-state index is -4.34. The van der Waals surface area contributed by atoms with Crippen molar-refractivity contribution < 1.29 is 22.6 Å². The van der Waals surface area contributed by atoms with Crippen LogP contribution in [0.25, 0.3) is 0 Å². The first-order valence-electron chi connectivity index (χ1n) is 9.24. The van der Waals surface area contributed by atoms with Crippen molar-refractivity contribution in [2.45, 2.75) is 36.9 Å². The molecule has 158 valence electrons. The molecule has 0 aliphatic carbocycles. The number of thioether (sulfide) groups is 1. The van der Waals surface area contributed by atoms with Gasteiger partial charge in [0.15, 0.2) is 5.16 Å². The van der Waals surface area contributed by atoms with Crippen molar-refractivity contribution in [2.24, 2.45) is 0 Å². The summed E-state index contributed by atoms with van der Waals surface area (Å²) in [6.07, 6.45) is -4.34. The highest BCUT2D eigenvalue weighted by atomic mass is 32.2. The van der Waals surface area contributed by atoms with Crippen LogP contribution in [-0.2, 0) is 11.9 Å². The number of hydrogen-bond donors (Lipinski definition) is 0. The van der Waals surface area contributed by atoms with Gasteiger partial charge in [-0.15, -0.1) is 0 Å². The van der Waals surface area contributed by atoms with Crippen LogP contribution in [0.5, 0.6) is 17.4 Å². The molecule has 4 nitrogen and oxygen atoms in total. The quantitative estimate of drug-likeness (QED) is 0.305. The van der Waals surface area contributed by atoms with Crippen LogP contribution in [0, 0.1) is 0 Å². The second-order valence-corrected chi connectivity index (χ2v) is 7.78. The molecule has 2 aromatic carbocycles. The van der Waals surface area contributed by atoms with Gasteiger partial charge in [-0.25, -0.2) is 4.98 Å². The van der Waals surface area contributed by atoms with Gasteiger partial charge < -0.3 is 9.47 Å². The molecule has 0 saturated carbocycles. The molecule has 0 radical (unpaired) electrons. The third kappa shape index (κ3) is 5.89. The molecule has 1 aromatic heterocycles. The van der Waals surface area contributed by atoms with Crippen LogP contribution in [-0.4, -0.2) is 17.1 Å². The highest BCUT2D eigenvalue weighted by Crippen LogP contribution is 2.31. The van der Waals surface area contributed by atoms with Gasteiger partial charge in [0, 0.05) is 17.9 Å². The molecule has 0 bridgehead atoms. The van der Waals surface area contributed by atoms with Gasteiger partial charge in [-0.1, -0.05) is 43.8 Å². The van der Waals surface area contributed by atoms with Crippen LogP contribution >= 0.6 is 11.8 Å². The average Bonchev–Trinajstić information content (AvgIpc) is 2.72. The predicted molar refractivity (Wildman–Crippen MR) is 110 cm³/mol. The zero-order chi connectivity index (χ0) is 21.7. The van der Waals surface area contributed by atoms with E-state index in [-0.39, 0.29) is 5.92 Å². The maximum absolute atomic E-state index is 12.7. The second kappa shape index (κ2) is 9.38. The molecule has 0 aliphatic heterocycles. The van der Waals surface area contributed by atoms with E-state index in [1.807, 2.05) is 26.0 Å². The van der Waals surface area contributed by atoms with E-state index in [0.717, 1.165) is 23.4 Å². The molecule has 0 spiro atoms. The smallest absolute Gasteiger partial charge is 0.416 e. The highest BCUT2D eigenvalue weighted by molar-refractivity contribution is 7.98. The van der Waals surface area contributed by atoms with Crippen LogP contribution in [0.2, 0.25) is 0 Å². The van der Waals surface area contributed by atoms with Crippen LogP contribution in [0.3, 0.4) is 0 Å². The van der Waals surface area contributed by atoms with Crippen LogP contribution < -0.4 is 9.47 Å². The normalized spacial score (nSPS) is 11.6. The summed E-state index contributed by atoms with van der Waals surface area (Å²) in [5.74, 6) is 2.25. The number of alkyl halides is 3. The molecule has 0 unspecified atom stereocenters. The fraction of sp³-hybridized carbons (Fsp3) is 0.273. The third-order valence-electron chi connectivity index (χ3n) is 4.21. The van der Waals surface area contributed by atoms with Crippen molar-refractivity contribution in [3.05, 3.63) is 71.4 Å². The van der Waals surface area contributed by atoms with Crippen molar-refractivity contribution in [2.75, 3.05) is 7.11 Å². The Hall–Kier alpha value is -2.74. The lowest BCUT2D eigenvalue weighted by molar-refractivity contribution is -0.137. The number of hydrogen-bond acceptors (Lipinski definition) is 5. The molecular weight excluding hydrogens is 413 g/mol. The van der Waals surface area contributed by atoms with Gasteiger partial charge in [-0.05, 0) is 35.7 Å². The fourth-order valence-corrected chi connectivity index (χ4v) is 3.37. The number of aromatic nitrogens is 2. The molecule has 0 saturated heterocycles. The van der Waals surface area contributed by atoms with Gasteiger partial charge in [-0.3, -0.25) is 0 Å². The van der Waals surface area contributed by atoms with E-state index < -0.39 is 11.7 Å². The van der Waals surface area contributed by atoms with Gasteiger partial charge in [0.2, 0.25) is 5.88 Å². The van der Waals surface area contributed by atoms with Gasteiger partial charge >= 0.3 is 6.18 Å². The number of benzene rings is 2. The summed E-state index contributed by atoms with van der Waals surface area (Å²) in [5.41, 5.74) is 0.905.